The summed E-state index contributed by atoms with van der Waals surface area (Å²) in [7, 11) is -4.10. The molecule has 0 spiro atoms. The quantitative estimate of drug-likeness (QED) is 0.210. The van der Waals surface area contributed by atoms with Crippen LogP contribution >= 0.6 is 8.53 Å². The first-order chi connectivity index (χ1) is 20.8. The molecule has 244 valence electrons. The fourth-order valence-corrected chi connectivity index (χ4v) is 12.4. The minimum absolute atomic E-state index is 0.0359. The number of aliphatic hydroxyl groups excluding tert-OH is 1. The number of ether oxygens (including phenoxy) is 1. The first-order valence-electron chi connectivity index (χ1n) is 15.3. The number of aromatic amines is 1. The van der Waals surface area contributed by atoms with Crippen LogP contribution in [0.2, 0.25) is 11.1 Å². The molecule has 1 saturated heterocycles. The highest BCUT2D eigenvalue weighted by Crippen LogP contribution is 2.46. The molecule has 4 unspecified atom stereocenters. The number of hydrogen-bond donors (Lipinski definition) is 2. The van der Waals surface area contributed by atoms with Crippen LogP contribution in [0.5, 0.6) is 0 Å². The molecule has 3 rings (SSSR count). The van der Waals surface area contributed by atoms with Crippen molar-refractivity contribution in [2.45, 2.75) is 117 Å². The maximum atomic E-state index is 12.6. The van der Waals surface area contributed by atoms with E-state index in [1.807, 2.05) is 0 Å². The molecule has 4 atom stereocenters. The summed E-state index contributed by atoms with van der Waals surface area (Å²) in [5.41, 5.74) is 0.788. The van der Waals surface area contributed by atoms with Gasteiger partial charge in [0.2, 0.25) is 8.32 Å². The zero-order valence-corrected chi connectivity index (χ0v) is 29.3. The van der Waals surface area contributed by atoms with E-state index >= 15 is 0 Å². The van der Waals surface area contributed by atoms with Crippen molar-refractivity contribution in [3.05, 3.63) is 62.4 Å². The van der Waals surface area contributed by atoms with E-state index < -0.39 is 46.5 Å². The van der Waals surface area contributed by atoms with Crippen LogP contribution in [-0.4, -0.2) is 65.2 Å². The first kappa shape index (κ1) is 36.3. The summed E-state index contributed by atoms with van der Waals surface area (Å²) >= 11 is 0. The Balaban J connectivity index is 1.86. The Morgan fingerprint density at radius 3 is 2.23 bits per heavy atom. The van der Waals surface area contributed by atoms with E-state index in [0.29, 0.717) is 18.6 Å². The predicted octanol–water partition coefficient (Wildman–Crippen LogP) is 4.59. The molecule has 0 saturated carbocycles. The molecule has 1 aromatic carbocycles. The maximum absolute atomic E-state index is 12.6. The predicted molar refractivity (Wildman–Crippen MR) is 174 cm³/mol. The first-order valence-corrected chi connectivity index (χ1v) is 18.5. The van der Waals surface area contributed by atoms with Crippen molar-refractivity contribution >= 4 is 22.0 Å². The van der Waals surface area contributed by atoms with Crippen LogP contribution in [0.3, 0.4) is 0 Å². The molecule has 1 aliphatic rings. The highest BCUT2D eigenvalue weighted by molar-refractivity contribution is 7.44. The molecule has 2 aromatic rings. The van der Waals surface area contributed by atoms with Gasteiger partial charge in [-0.15, -0.1) is 0 Å². The lowest BCUT2D eigenvalue weighted by atomic mass is 10.2. The Labute approximate surface area is 263 Å². The van der Waals surface area contributed by atoms with Gasteiger partial charge in [0.05, 0.1) is 25.4 Å². The number of aliphatic hydroxyl groups is 1. The monoisotopic (exact) mass is 648 g/mol. The molecule has 2 N–H and O–H groups in total. The Kier molecular flexibility index (Phi) is 13.1. The van der Waals surface area contributed by atoms with Gasteiger partial charge in [0.1, 0.15) is 18.9 Å². The molecule has 1 fully saturated rings. The van der Waals surface area contributed by atoms with Gasteiger partial charge in [0.15, 0.2) is 0 Å². The number of benzene rings is 1. The lowest BCUT2D eigenvalue weighted by Crippen LogP contribution is -2.58. The third-order valence-corrected chi connectivity index (χ3v) is 15.5. The van der Waals surface area contributed by atoms with Gasteiger partial charge in [0, 0.05) is 30.3 Å². The number of nitrogens with one attached hydrogen (secondary N) is 1. The third kappa shape index (κ3) is 8.14. The lowest BCUT2D eigenvalue weighted by Gasteiger charge is -2.42. The minimum atomic E-state index is -2.69. The van der Waals surface area contributed by atoms with Gasteiger partial charge in [-0.25, -0.2) is 9.46 Å². The molecule has 1 aliphatic heterocycles. The van der Waals surface area contributed by atoms with Crippen molar-refractivity contribution in [2.75, 3.05) is 13.2 Å². The third-order valence-electron chi connectivity index (χ3n) is 8.11. The summed E-state index contributed by atoms with van der Waals surface area (Å²) in [5, 5.41) is 20.5. The van der Waals surface area contributed by atoms with Crippen LogP contribution in [0.4, 0.5) is 0 Å². The number of nitriles is 1. The topological polar surface area (TPSA) is 139 Å². The Morgan fingerprint density at radius 1 is 1.09 bits per heavy atom. The minimum Gasteiger partial charge on any atom is -0.406 e. The van der Waals surface area contributed by atoms with E-state index in [4.69, 9.17) is 23.5 Å². The second-order valence-corrected chi connectivity index (χ2v) is 18.7. The molecule has 0 amide bonds. The van der Waals surface area contributed by atoms with E-state index in [0.717, 1.165) is 10.8 Å². The number of H-pyrrole nitrogens is 1. The number of hydrogen-bond acceptors (Lipinski definition) is 9. The molecular formula is C31H49N4O7PSi. The molecular weight excluding hydrogens is 599 g/mol. The Bertz CT molecular complexity index is 1360. The van der Waals surface area contributed by atoms with Gasteiger partial charge in [-0.2, -0.15) is 5.26 Å². The summed E-state index contributed by atoms with van der Waals surface area (Å²) in [4.78, 5) is 26.8. The van der Waals surface area contributed by atoms with E-state index in [-0.39, 0.29) is 36.4 Å². The second-order valence-electron chi connectivity index (χ2n) is 12.5. The number of aromatic nitrogens is 2. The highest BCUT2D eigenvalue weighted by atomic mass is 31.2. The second kappa shape index (κ2) is 15.9. The van der Waals surface area contributed by atoms with Crippen LogP contribution in [0.25, 0.3) is 0 Å². The van der Waals surface area contributed by atoms with Gasteiger partial charge in [-0.1, -0.05) is 52.0 Å². The van der Waals surface area contributed by atoms with Crippen LogP contribution in [0.15, 0.2) is 40.1 Å². The van der Waals surface area contributed by atoms with Crippen LogP contribution < -0.4 is 16.4 Å². The Hall–Kier alpha value is -2.20. The molecule has 0 radical (unpaired) electrons. The van der Waals surface area contributed by atoms with E-state index in [1.165, 1.54) is 10.8 Å². The molecule has 0 bridgehead atoms. The van der Waals surface area contributed by atoms with Gasteiger partial charge < -0.3 is 23.3 Å². The molecule has 2 heterocycles. The van der Waals surface area contributed by atoms with Crippen LogP contribution in [0, 0.1) is 18.3 Å². The van der Waals surface area contributed by atoms with E-state index in [1.54, 1.807) is 6.92 Å². The number of nitrogens with zero attached hydrogens (tertiary/aromatic N) is 3. The zero-order chi connectivity index (χ0) is 32.8. The number of rotatable bonds is 15. The molecule has 44 heavy (non-hydrogen) atoms. The SMILES string of the molecule is Cc1cn(C2CC(O[Si](c3ccc(COP(OCC#N)N(C(C)C)C(C)C)cc3)(C(C)C)C(C)C)C(CO)O2)c(=O)[nH]c1=O. The molecule has 1 aromatic heterocycles. The zero-order valence-electron chi connectivity index (χ0n) is 27.4. The fraction of sp³-hybridized carbons (Fsp3) is 0.645. The number of aryl methyl sites for hydroxylation is 1. The summed E-state index contributed by atoms with van der Waals surface area (Å²) in [6.45, 7) is 18.7. The van der Waals surface area contributed by atoms with Gasteiger partial charge in [-0.05, 0) is 56.5 Å². The molecule has 0 aliphatic carbocycles. The van der Waals surface area contributed by atoms with Crippen molar-refractivity contribution in [3.63, 3.8) is 0 Å². The average Bonchev–Trinajstić information content (AvgIpc) is 3.36. The van der Waals surface area contributed by atoms with Crippen molar-refractivity contribution in [2.24, 2.45) is 0 Å². The van der Waals surface area contributed by atoms with Crippen LogP contribution in [0.1, 0.15) is 79.2 Å². The largest absolute Gasteiger partial charge is 0.406 e. The Morgan fingerprint density at radius 2 is 1.70 bits per heavy atom. The van der Waals surface area contributed by atoms with Crippen LogP contribution in [-0.2, 0) is 24.8 Å². The molecule has 13 heteroatoms. The lowest BCUT2D eigenvalue weighted by molar-refractivity contribution is -0.0437. The van der Waals surface area contributed by atoms with E-state index in [9.17, 15) is 14.7 Å². The van der Waals surface area contributed by atoms with Gasteiger partial charge in [-0.3, -0.25) is 14.3 Å². The maximum Gasteiger partial charge on any atom is 0.330 e. The fourth-order valence-electron chi connectivity index (χ4n) is 6.10. The summed E-state index contributed by atoms with van der Waals surface area (Å²) in [5.74, 6) is 0. The average molecular weight is 649 g/mol. The van der Waals surface area contributed by atoms with Gasteiger partial charge >= 0.3 is 5.69 Å². The standard InChI is InChI=1S/C31H49N4O7PSi/c1-20(2)35(21(3)4)43(39-15-14-32)40-19-25-10-12-26(13-11-25)44(22(5)6,23(7)8)42-27-16-29(41-28(27)18-36)34-17-24(9)30(37)33-31(34)38/h10-13,17,20-23,27-29,36H,15-16,18-19H2,1-9H3,(H,33,37,38). The van der Waals surface area contributed by atoms with E-state index in [2.05, 4.69) is 95.4 Å². The molecule has 11 nitrogen and oxygen atoms in total. The smallest absolute Gasteiger partial charge is 0.330 e. The van der Waals surface area contributed by atoms with Crippen molar-refractivity contribution < 1.29 is 23.3 Å². The normalized spacial score (nSPS) is 19.9. The van der Waals surface area contributed by atoms with Crippen molar-refractivity contribution in [3.8, 4) is 6.07 Å². The summed E-state index contributed by atoms with van der Waals surface area (Å²) in [6, 6.07) is 10.8. The summed E-state index contributed by atoms with van der Waals surface area (Å²) < 4.78 is 28.8. The van der Waals surface area contributed by atoms with Gasteiger partial charge in [0.25, 0.3) is 14.1 Å². The van der Waals surface area contributed by atoms with Crippen molar-refractivity contribution in [1.29, 1.82) is 5.26 Å². The summed E-state index contributed by atoms with van der Waals surface area (Å²) in [6.07, 6.45) is 0.138. The highest BCUT2D eigenvalue weighted by Gasteiger charge is 2.49. The van der Waals surface area contributed by atoms with Crippen molar-refractivity contribution in [1.82, 2.24) is 14.2 Å².